The molecule has 0 aromatic heterocycles. The Labute approximate surface area is 124 Å². The van der Waals surface area contributed by atoms with Crippen LogP contribution >= 0.6 is 11.6 Å². The first-order chi connectivity index (χ1) is 5.22. The molecule has 1 fully saturated rings. The molecule has 1 rings (SSSR count). The van der Waals surface area contributed by atoms with Gasteiger partial charge < -0.3 is 4.55 Å². The Kier molecular flexibility index (Phi) is 5.40. The Bertz CT molecular complexity index is 373. The summed E-state index contributed by atoms with van der Waals surface area (Å²) >= 11 is 5.39. The van der Waals surface area contributed by atoms with E-state index in [1.54, 1.807) is 0 Å². The van der Waals surface area contributed by atoms with Gasteiger partial charge in [0.2, 0.25) is 0 Å². The van der Waals surface area contributed by atoms with E-state index >= 15 is 0 Å². The third-order valence-corrected chi connectivity index (χ3v) is 5.58. The second kappa shape index (κ2) is 4.75. The van der Waals surface area contributed by atoms with Crippen LogP contribution in [0.5, 0.6) is 0 Å². The van der Waals surface area contributed by atoms with Crippen LogP contribution in [0.1, 0.15) is 0 Å². The van der Waals surface area contributed by atoms with Crippen molar-refractivity contribution in [3.63, 3.8) is 0 Å². The topological polar surface area (TPSA) is 91.3 Å². The summed E-state index contributed by atoms with van der Waals surface area (Å²) in [6, 6.07) is 0. The Morgan fingerprint density at radius 2 is 1.77 bits per heavy atom. The molecule has 9 heteroatoms. The smallest absolute Gasteiger partial charge is 0.748 e. The molecular formula is C4H6ClKO5S2. The molecule has 0 radical (unpaired) electrons. The molecule has 2 atom stereocenters. The number of hydrogen-bond acceptors (Lipinski definition) is 5. The van der Waals surface area contributed by atoms with Gasteiger partial charge >= 0.3 is 51.4 Å². The van der Waals surface area contributed by atoms with Crippen LogP contribution < -0.4 is 51.4 Å². The van der Waals surface area contributed by atoms with Crippen LogP contribution in [0.15, 0.2) is 0 Å². The van der Waals surface area contributed by atoms with E-state index in [1.165, 1.54) is 0 Å². The fraction of sp³-hybridized carbons (Fsp3) is 1.00. The molecule has 0 aliphatic carbocycles. The molecule has 0 aromatic carbocycles. The number of halogens is 1. The first-order valence-corrected chi connectivity index (χ1v) is 6.74. The monoisotopic (exact) mass is 272 g/mol. The number of alkyl halides is 1. The van der Waals surface area contributed by atoms with Crippen molar-refractivity contribution in [2.24, 2.45) is 0 Å². The minimum absolute atomic E-state index is 0. The molecular weight excluding hydrogens is 267 g/mol. The van der Waals surface area contributed by atoms with Crippen molar-refractivity contribution in [2.75, 3.05) is 11.5 Å². The van der Waals surface area contributed by atoms with Gasteiger partial charge in [-0.15, -0.1) is 11.6 Å². The van der Waals surface area contributed by atoms with Gasteiger partial charge in [0, 0.05) is 0 Å². The summed E-state index contributed by atoms with van der Waals surface area (Å²) in [5.74, 6) is -1.08. The van der Waals surface area contributed by atoms with Gasteiger partial charge in [-0.2, -0.15) is 0 Å². The predicted molar refractivity (Wildman–Crippen MR) is 41.8 cm³/mol. The van der Waals surface area contributed by atoms with Crippen molar-refractivity contribution < 1.29 is 72.8 Å². The largest absolute Gasteiger partial charge is 1.00 e. The van der Waals surface area contributed by atoms with E-state index in [2.05, 4.69) is 0 Å². The number of sulfone groups is 1. The SMILES string of the molecule is O=S1(=O)CC(Cl)C(S(=O)(=O)[O-])C1.[K+]. The molecule has 0 amide bonds. The third kappa shape index (κ3) is 4.03. The Balaban J connectivity index is 0.00000144. The van der Waals surface area contributed by atoms with Gasteiger partial charge in [0.1, 0.15) is 10.1 Å². The Hall–Kier alpha value is 1.79. The van der Waals surface area contributed by atoms with E-state index in [9.17, 15) is 21.4 Å². The first-order valence-electron chi connectivity index (χ1n) is 3.01. The van der Waals surface area contributed by atoms with Crippen molar-refractivity contribution in [3.8, 4) is 0 Å². The average Bonchev–Trinajstić information content (AvgIpc) is 2.03. The number of hydrogen-bond donors (Lipinski definition) is 0. The van der Waals surface area contributed by atoms with E-state index in [4.69, 9.17) is 11.6 Å². The Morgan fingerprint density at radius 1 is 1.31 bits per heavy atom. The quantitative estimate of drug-likeness (QED) is 0.275. The van der Waals surface area contributed by atoms with Gasteiger partial charge in [0.25, 0.3) is 0 Å². The van der Waals surface area contributed by atoms with Crippen LogP contribution in [0.3, 0.4) is 0 Å². The molecule has 13 heavy (non-hydrogen) atoms. The molecule has 0 N–H and O–H groups in total. The summed E-state index contributed by atoms with van der Waals surface area (Å²) in [4.78, 5) is 0. The van der Waals surface area contributed by atoms with Crippen LogP contribution in [0.2, 0.25) is 0 Å². The standard InChI is InChI=1S/C4H7ClO5S2.K/c5-3-1-11(6,7)2-4(3)12(8,9)10;/h3-4H,1-2H2,(H,8,9,10);/q;+1/p-1. The van der Waals surface area contributed by atoms with E-state index in [1.807, 2.05) is 0 Å². The second-order valence-electron chi connectivity index (χ2n) is 2.62. The van der Waals surface area contributed by atoms with Crippen LogP contribution in [-0.4, -0.2) is 43.5 Å². The van der Waals surface area contributed by atoms with Crippen molar-refractivity contribution in [1.82, 2.24) is 0 Å². The summed E-state index contributed by atoms with van der Waals surface area (Å²) in [7, 11) is -8.02. The van der Waals surface area contributed by atoms with Crippen molar-refractivity contribution in [3.05, 3.63) is 0 Å². The average molecular weight is 273 g/mol. The van der Waals surface area contributed by atoms with Crippen molar-refractivity contribution >= 4 is 31.6 Å². The van der Waals surface area contributed by atoms with Gasteiger partial charge in [0.05, 0.1) is 22.1 Å². The molecule has 0 bridgehead atoms. The zero-order valence-corrected chi connectivity index (χ0v) is 12.3. The summed E-state index contributed by atoms with van der Waals surface area (Å²) in [6.07, 6.45) is 0. The molecule has 0 saturated carbocycles. The normalized spacial score (nSPS) is 32.5. The molecule has 1 aliphatic heterocycles. The van der Waals surface area contributed by atoms with E-state index in [0.717, 1.165) is 0 Å². The molecule has 1 saturated heterocycles. The van der Waals surface area contributed by atoms with Gasteiger partial charge in [-0.3, -0.25) is 0 Å². The molecule has 2 unspecified atom stereocenters. The molecule has 0 spiro atoms. The van der Waals surface area contributed by atoms with Gasteiger partial charge in [-0.25, -0.2) is 16.8 Å². The fourth-order valence-corrected chi connectivity index (χ4v) is 5.64. The maximum absolute atomic E-state index is 10.8. The van der Waals surface area contributed by atoms with Crippen LogP contribution in [0.4, 0.5) is 0 Å². The van der Waals surface area contributed by atoms with E-state index < -0.39 is 42.1 Å². The number of rotatable bonds is 1. The van der Waals surface area contributed by atoms with Crippen molar-refractivity contribution in [2.45, 2.75) is 10.6 Å². The molecule has 1 aliphatic rings. The maximum atomic E-state index is 10.8. The Morgan fingerprint density at radius 3 is 1.92 bits per heavy atom. The molecule has 1 heterocycles. The summed E-state index contributed by atoms with van der Waals surface area (Å²) in [6.45, 7) is 0. The third-order valence-electron chi connectivity index (χ3n) is 1.61. The van der Waals surface area contributed by atoms with Crippen LogP contribution in [0, 0.1) is 0 Å². The van der Waals surface area contributed by atoms with Gasteiger partial charge in [-0.1, -0.05) is 0 Å². The first kappa shape index (κ1) is 14.8. The zero-order chi connectivity index (χ0) is 9.57. The van der Waals surface area contributed by atoms with E-state index in [-0.39, 0.29) is 51.4 Å². The summed E-state index contributed by atoms with van der Waals surface area (Å²) in [5, 5.41) is -2.58. The van der Waals surface area contributed by atoms with Gasteiger partial charge in [0.15, 0.2) is 9.84 Å². The summed E-state index contributed by atoms with van der Waals surface area (Å²) < 4.78 is 52.9. The minimum Gasteiger partial charge on any atom is -0.748 e. The predicted octanol–water partition coefficient (Wildman–Crippen LogP) is -4.06. The molecule has 72 valence electrons. The van der Waals surface area contributed by atoms with E-state index in [0.29, 0.717) is 0 Å². The zero-order valence-electron chi connectivity index (χ0n) is 6.80. The molecule has 5 nitrogen and oxygen atoms in total. The minimum atomic E-state index is -4.58. The van der Waals surface area contributed by atoms with Crippen molar-refractivity contribution in [1.29, 1.82) is 0 Å². The van der Waals surface area contributed by atoms with Gasteiger partial charge in [-0.05, 0) is 0 Å². The van der Waals surface area contributed by atoms with Crippen LogP contribution in [-0.2, 0) is 20.0 Å². The maximum Gasteiger partial charge on any atom is 1.00 e. The second-order valence-corrected chi connectivity index (χ2v) is 6.93. The fourth-order valence-electron chi connectivity index (χ4n) is 1.04. The van der Waals surface area contributed by atoms with Crippen LogP contribution in [0.25, 0.3) is 0 Å². The summed E-state index contributed by atoms with van der Waals surface area (Å²) in [5.41, 5.74) is 0. The molecule has 0 aromatic rings.